The largest absolute Gasteiger partial charge is 0.314 e. The van der Waals surface area contributed by atoms with Crippen molar-refractivity contribution in [2.75, 3.05) is 26.0 Å². The number of amides is 1. The predicted molar refractivity (Wildman–Crippen MR) is 64.8 cm³/mol. The highest BCUT2D eigenvalue weighted by atomic mass is 16.2. The van der Waals surface area contributed by atoms with Gasteiger partial charge in [0.2, 0.25) is 5.91 Å². The Hall–Kier alpha value is -1.84. The number of carbonyl (C=O) groups excluding carboxylic acids is 1. The smallest absolute Gasteiger partial charge is 0.239 e. The van der Waals surface area contributed by atoms with Crippen molar-refractivity contribution in [3.8, 4) is 0 Å². The van der Waals surface area contributed by atoms with Crippen molar-refractivity contribution in [1.29, 1.82) is 0 Å². The highest BCUT2D eigenvalue weighted by Gasteiger charge is 2.33. The van der Waals surface area contributed by atoms with Crippen LogP contribution in [0, 0.1) is 0 Å². The standard InChI is InChI=1S/C12H15N3O/c1-14(2)13-8-10-9-6-4-5-7-11(9)15(3)12(10)16/h4-8,10H,1-3H3. The van der Waals surface area contributed by atoms with Gasteiger partial charge in [0, 0.05) is 33.0 Å². The molecule has 0 saturated carbocycles. The molecule has 0 aromatic heterocycles. The minimum absolute atomic E-state index is 0.0757. The van der Waals surface area contributed by atoms with Crippen molar-refractivity contribution in [3.05, 3.63) is 29.8 Å². The molecule has 1 aromatic carbocycles. The minimum atomic E-state index is -0.247. The maximum atomic E-state index is 12.0. The molecule has 0 spiro atoms. The molecule has 1 heterocycles. The van der Waals surface area contributed by atoms with Crippen molar-refractivity contribution < 1.29 is 4.79 Å². The maximum Gasteiger partial charge on any atom is 0.239 e. The zero-order valence-electron chi connectivity index (χ0n) is 9.71. The fourth-order valence-corrected chi connectivity index (χ4v) is 1.86. The van der Waals surface area contributed by atoms with Crippen LogP contribution in [-0.2, 0) is 4.79 Å². The molecule has 1 aliphatic heterocycles. The highest BCUT2D eigenvalue weighted by Crippen LogP contribution is 2.34. The lowest BCUT2D eigenvalue weighted by Gasteiger charge is -2.09. The number of fused-ring (bicyclic) bond motifs is 1. The molecule has 0 radical (unpaired) electrons. The van der Waals surface area contributed by atoms with E-state index in [2.05, 4.69) is 5.10 Å². The Morgan fingerprint density at radius 1 is 1.38 bits per heavy atom. The quantitative estimate of drug-likeness (QED) is 0.553. The average molecular weight is 217 g/mol. The van der Waals surface area contributed by atoms with Gasteiger partial charge in [-0.05, 0) is 11.6 Å². The normalized spacial score (nSPS) is 19.3. The van der Waals surface area contributed by atoms with Gasteiger partial charge in [-0.15, -0.1) is 0 Å². The van der Waals surface area contributed by atoms with Gasteiger partial charge in [-0.1, -0.05) is 18.2 Å². The number of anilines is 1. The van der Waals surface area contributed by atoms with Crippen LogP contribution in [0.1, 0.15) is 11.5 Å². The number of para-hydroxylation sites is 1. The monoisotopic (exact) mass is 217 g/mol. The third kappa shape index (κ3) is 1.66. The van der Waals surface area contributed by atoms with Crippen LogP contribution >= 0.6 is 0 Å². The summed E-state index contributed by atoms with van der Waals surface area (Å²) in [6.45, 7) is 0. The second-order valence-corrected chi connectivity index (χ2v) is 4.05. The van der Waals surface area contributed by atoms with Crippen molar-refractivity contribution in [2.45, 2.75) is 5.92 Å². The van der Waals surface area contributed by atoms with E-state index < -0.39 is 0 Å². The Balaban J connectivity index is 2.37. The fourth-order valence-electron chi connectivity index (χ4n) is 1.86. The van der Waals surface area contributed by atoms with Gasteiger partial charge in [0.25, 0.3) is 0 Å². The van der Waals surface area contributed by atoms with E-state index in [1.807, 2.05) is 38.4 Å². The summed E-state index contributed by atoms with van der Waals surface area (Å²) in [7, 11) is 5.47. The molecule has 1 aromatic rings. The summed E-state index contributed by atoms with van der Waals surface area (Å²) >= 11 is 0. The number of benzene rings is 1. The van der Waals surface area contributed by atoms with E-state index in [0.29, 0.717) is 0 Å². The molecule has 0 N–H and O–H groups in total. The van der Waals surface area contributed by atoms with Crippen LogP contribution in [0.3, 0.4) is 0 Å². The molecular formula is C12H15N3O. The topological polar surface area (TPSA) is 35.9 Å². The summed E-state index contributed by atoms with van der Waals surface area (Å²) in [6.07, 6.45) is 1.70. The van der Waals surface area contributed by atoms with Crippen molar-refractivity contribution in [1.82, 2.24) is 5.01 Å². The van der Waals surface area contributed by atoms with Crippen molar-refractivity contribution in [3.63, 3.8) is 0 Å². The van der Waals surface area contributed by atoms with Crippen LogP contribution < -0.4 is 4.90 Å². The van der Waals surface area contributed by atoms with Gasteiger partial charge in [-0.2, -0.15) is 5.10 Å². The van der Waals surface area contributed by atoms with E-state index in [4.69, 9.17) is 0 Å². The Morgan fingerprint density at radius 2 is 2.06 bits per heavy atom. The molecule has 0 fully saturated rings. The molecule has 2 rings (SSSR count). The molecular weight excluding hydrogens is 202 g/mol. The summed E-state index contributed by atoms with van der Waals surface area (Å²) in [4.78, 5) is 13.7. The van der Waals surface area contributed by atoms with E-state index >= 15 is 0 Å². The van der Waals surface area contributed by atoms with Gasteiger partial charge in [-0.25, -0.2) is 0 Å². The fraction of sp³-hybridized carbons (Fsp3) is 0.333. The number of nitrogens with zero attached hydrogens (tertiary/aromatic N) is 3. The first kappa shape index (κ1) is 10.7. The number of hydrogen-bond donors (Lipinski definition) is 0. The molecule has 84 valence electrons. The second-order valence-electron chi connectivity index (χ2n) is 4.05. The number of carbonyl (C=O) groups is 1. The summed E-state index contributed by atoms with van der Waals surface area (Å²) in [5.41, 5.74) is 2.00. The maximum absolute atomic E-state index is 12.0. The first-order chi connectivity index (χ1) is 7.61. The lowest BCUT2D eigenvalue weighted by Crippen LogP contribution is -2.24. The molecule has 0 aliphatic carbocycles. The molecule has 1 amide bonds. The summed E-state index contributed by atoms with van der Waals surface area (Å²) in [5, 5.41) is 5.84. The SMILES string of the molecule is CN(C)N=CC1C(=O)N(C)c2ccccc21. The Bertz CT molecular complexity index is 440. The van der Waals surface area contributed by atoms with Crippen LogP contribution in [0.2, 0.25) is 0 Å². The van der Waals surface area contributed by atoms with Crippen LogP contribution in [0.15, 0.2) is 29.4 Å². The van der Waals surface area contributed by atoms with Gasteiger partial charge in [0.15, 0.2) is 0 Å². The number of hydrazone groups is 1. The van der Waals surface area contributed by atoms with Crippen LogP contribution in [-0.4, -0.2) is 38.3 Å². The van der Waals surface area contributed by atoms with Crippen molar-refractivity contribution >= 4 is 17.8 Å². The van der Waals surface area contributed by atoms with Gasteiger partial charge < -0.3 is 9.91 Å². The minimum Gasteiger partial charge on any atom is -0.314 e. The van der Waals surface area contributed by atoms with Gasteiger partial charge >= 0.3 is 0 Å². The molecule has 4 nitrogen and oxygen atoms in total. The molecule has 1 aliphatic rings. The first-order valence-electron chi connectivity index (χ1n) is 5.19. The molecule has 0 bridgehead atoms. The molecule has 4 heteroatoms. The molecule has 1 unspecified atom stereocenters. The zero-order chi connectivity index (χ0) is 11.7. The summed E-state index contributed by atoms with van der Waals surface area (Å²) < 4.78 is 0. The average Bonchev–Trinajstić information content (AvgIpc) is 2.50. The first-order valence-corrected chi connectivity index (χ1v) is 5.19. The van der Waals surface area contributed by atoms with Crippen LogP contribution in [0.5, 0.6) is 0 Å². The molecule has 16 heavy (non-hydrogen) atoms. The Labute approximate surface area is 95.2 Å². The van der Waals surface area contributed by atoms with E-state index in [9.17, 15) is 4.79 Å². The highest BCUT2D eigenvalue weighted by molar-refractivity contribution is 6.13. The van der Waals surface area contributed by atoms with Crippen LogP contribution in [0.4, 0.5) is 5.69 Å². The van der Waals surface area contributed by atoms with Gasteiger partial charge in [0.1, 0.15) is 5.92 Å². The predicted octanol–water partition coefficient (Wildman–Crippen LogP) is 1.29. The third-order valence-electron chi connectivity index (χ3n) is 2.68. The van der Waals surface area contributed by atoms with Crippen LogP contribution in [0.25, 0.3) is 0 Å². The lowest BCUT2D eigenvalue weighted by atomic mass is 10.0. The Morgan fingerprint density at radius 3 is 2.75 bits per heavy atom. The molecule has 0 saturated heterocycles. The van der Waals surface area contributed by atoms with E-state index in [1.165, 1.54) is 0 Å². The van der Waals surface area contributed by atoms with Gasteiger partial charge in [0.05, 0.1) is 0 Å². The zero-order valence-corrected chi connectivity index (χ0v) is 9.71. The van der Waals surface area contributed by atoms with E-state index in [1.54, 1.807) is 23.2 Å². The summed E-state index contributed by atoms with van der Waals surface area (Å²) in [5.74, 6) is -0.171. The third-order valence-corrected chi connectivity index (χ3v) is 2.68. The van der Waals surface area contributed by atoms with E-state index in [-0.39, 0.29) is 11.8 Å². The number of hydrogen-bond acceptors (Lipinski definition) is 3. The lowest BCUT2D eigenvalue weighted by molar-refractivity contribution is -0.117. The second kappa shape index (κ2) is 3.96. The molecule has 1 atom stereocenters. The van der Waals surface area contributed by atoms with E-state index in [0.717, 1.165) is 11.3 Å². The van der Waals surface area contributed by atoms with Gasteiger partial charge in [-0.3, -0.25) is 4.79 Å². The number of likely N-dealkylation sites (N-methyl/N-ethyl adjacent to an activating group) is 1. The number of rotatable bonds is 2. The summed E-state index contributed by atoms with van der Waals surface area (Å²) in [6, 6.07) is 7.82. The van der Waals surface area contributed by atoms with Crippen molar-refractivity contribution in [2.24, 2.45) is 5.10 Å². The Kier molecular flexibility index (Phi) is 2.64.